The zero-order valence-electron chi connectivity index (χ0n) is 12.9. The van der Waals surface area contributed by atoms with Crippen molar-refractivity contribution in [3.63, 3.8) is 0 Å². The van der Waals surface area contributed by atoms with E-state index in [-0.39, 0.29) is 11.8 Å². The minimum absolute atomic E-state index is 0.179. The van der Waals surface area contributed by atoms with Crippen LogP contribution in [0.2, 0.25) is 0 Å². The summed E-state index contributed by atoms with van der Waals surface area (Å²) in [6.07, 6.45) is 0.448. The highest BCUT2D eigenvalue weighted by molar-refractivity contribution is 5.89. The topological polar surface area (TPSA) is 84.2 Å². The first-order valence-corrected chi connectivity index (χ1v) is 7.27. The van der Waals surface area contributed by atoms with Gasteiger partial charge in [-0.25, -0.2) is 0 Å². The van der Waals surface area contributed by atoms with E-state index in [1.54, 1.807) is 6.92 Å². The number of hydrogen-bond donors (Lipinski definition) is 3. The van der Waals surface area contributed by atoms with E-state index in [1.165, 1.54) is 0 Å². The monoisotopic (exact) mass is 291 g/mol. The maximum Gasteiger partial charge on any atom is 0.242 e. The van der Waals surface area contributed by atoms with Gasteiger partial charge in [-0.15, -0.1) is 0 Å². The fourth-order valence-corrected chi connectivity index (χ4v) is 1.79. The Bertz CT molecular complexity index is 458. The molecular formula is C16H25N3O2. The molecule has 5 heteroatoms. The van der Waals surface area contributed by atoms with Crippen molar-refractivity contribution in [3.05, 3.63) is 35.9 Å². The van der Waals surface area contributed by atoms with Crippen molar-refractivity contribution in [3.8, 4) is 0 Å². The summed E-state index contributed by atoms with van der Waals surface area (Å²) in [6, 6.07) is 8.35. The lowest BCUT2D eigenvalue weighted by molar-refractivity contribution is -0.129. The van der Waals surface area contributed by atoms with Crippen LogP contribution in [0, 0.1) is 5.92 Å². The third kappa shape index (κ3) is 6.40. The van der Waals surface area contributed by atoms with Crippen molar-refractivity contribution >= 4 is 11.8 Å². The molecule has 0 aromatic heterocycles. The molecule has 2 amide bonds. The van der Waals surface area contributed by atoms with E-state index < -0.39 is 12.1 Å². The summed E-state index contributed by atoms with van der Waals surface area (Å²) in [5, 5.41) is 5.56. The van der Waals surface area contributed by atoms with Crippen LogP contribution >= 0.6 is 0 Å². The number of carbonyl (C=O) groups excluding carboxylic acids is 2. The van der Waals surface area contributed by atoms with Crippen LogP contribution in [0.3, 0.4) is 0 Å². The Hall–Kier alpha value is -1.88. The van der Waals surface area contributed by atoms with Crippen molar-refractivity contribution in [1.82, 2.24) is 10.6 Å². The summed E-state index contributed by atoms with van der Waals surface area (Å²) in [7, 11) is 0. The highest BCUT2D eigenvalue weighted by atomic mass is 16.2. The van der Waals surface area contributed by atoms with Gasteiger partial charge in [-0.3, -0.25) is 9.59 Å². The Balaban J connectivity index is 2.74. The van der Waals surface area contributed by atoms with Crippen molar-refractivity contribution in [2.45, 2.75) is 39.3 Å². The van der Waals surface area contributed by atoms with E-state index in [0.29, 0.717) is 18.9 Å². The van der Waals surface area contributed by atoms with E-state index in [0.717, 1.165) is 5.56 Å². The van der Waals surface area contributed by atoms with Crippen LogP contribution in [0.15, 0.2) is 30.3 Å². The Morgan fingerprint density at radius 2 is 1.71 bits per heavy atom. The van der Waals surface area contributed by atoms with Gasteiger partial charge in [-0.05, 0) is 18.4 Å². The van der Waals surface area contributed by atoms with Gasteiger partial charge in [0.1, 0.15) is 6.04 Å². The van der Waals surface area contributed by atoms with Crippen LogP contribution in [-0.4, -0.2) is 30.4 Å². The SMILES string of the molecule is CC(C)CNC(=O)C(Cc1ccccc1)NC(=O)[C@H](C)N. The van der Waals surface area contributed by atoms with Gasteiger partial charge in [0.15, 0.2) is 0 Å². The first kappa shape index (κ1) is 17.2. The van der Waals surface area contributed by atoms with Crippen molar-refractivity contribution in [1.29, 1.82) is 0 Å². The number of carbonyl (C=O) groups is 2. The molecule has 0 aliphatic carbocycles. The van der Waals surface area contributed by atoms with Gasteiger partial charge in [-0.1, -0.05) is 44.2 Å². The van der Waals surface area contributed by atoms with Gasteiger partial charge in [0.2, 0.25) is 11.8 Å². The number of rotatable bonds is 7. The van der Waals surface area contributed by atoms with Crippen LogP contribution in [0.5, 0.6) is 0 Å². The molecule has 0 bridgehead atoms. The van der Waals surface area contributed by atoms with Crippen LogP contribution in [-0.2, 0) is 16.0 Å². The minimum atomic E-state index is -0.638. The fraction of sp³-hybridized carbons (Fsp3) is 0.500. The van der Waals surface area contributed by atoms with Gasteiger partial charge in [0.05, 0.1) is 6.04 Å². The molecule has 1 aromatic rings. The van der Waals surface area contributed by atoms with E-state index >= 15 is 0 Å². The van der Waals surface area contributed by atoms with Gasteiger partial charge in [-0.2, -0.15) is 0 Å². The van der Waals surface area contributed by atoms with E-state index in [1.807, 2.05) is 44.2 Å². The quantitative estimate of drug-likeness (QED) is 0.696. The molecule has 0 radical (unpaired) electrons. The molecule has 0 aliphatic heterocycles. The van der Waals surface area contributed by atoms with Crippen LogP contribution in [0.25, 0.3) is 0 Å². The molecule has 2 atom stereocenters. The number of benzene rings is 1. The average molecular weight is 291 g/mol. The highest BCUT2D eigenvalue weighted by Crippen LogP contribution is 2.04. The lowest BCUT2D eigenvalue weighted by atomic mass is 10.0. The predicted molar refractivity (Wildman–Crippen MR) is 83.6 cm³/mol. The van der Waals surface area contributed by atoms with Gasteiger partial charge < -0.3 is 16.4 Å². The smallest absolute Gasteiger partial charge is 0.242 e. The first-order chi connectivity index (χ1) is 9.90. The summed E-state index contributed by atoms with van der Waals surface area (Å²) < 4.78 is 0. The third-order valence-corrected chi connectivity index (χ3v) is 3.01. The molecular weight excluding hydrogens is 266 g/mol. The molecule has 1 unspecified atom stereocenters. The third-order valence-electron chi connectivity index (χ3n) is 3.01. The molecule has 1 aromatic carbocycles. The molecule has 4 N–H and O–H groups in total. The van der Waals surface area contributed by atoms with Crippen molar-refractivity contribution in [2.24, 2.45) is 11.7 Å². The minimum Gasteiger partial charge on any atom is -0.354 e. The van der Waals surface area contributed by atoms with E-state index in [4.69, 9.17) is 5.73 Å². The zero-order chi connectivity index (χ0) is 15.8. The molecule has 116 valence electrons. The second kappa shape index (κ2) is 8.42. The summed E-state index contributed by atoms with van der Waals surface area (Å²) in [5.41, 5.74) is 6.55. The maximum atomic E-state index is 12.2. The lowest BCUT2D eigenvalue weighted by Gasteiger charge is -2.20. The first-order valence-electron chi connectivity index (χ1n) is 7.27. The highest BCUT2D eigenvalue weighted by Gasteiger charge is 2.22. The fourth-order valence-electron chi connectivity index (χ4n) is 1.79. The molecule has 0 aliphatic rings. The van der Waals surface area contributed by atoms with E-state index in [9.17, 15) is 9.59 Å². The Kier molecular flexibility index (Phi) is 6.88. The molecule has 0 saturated carbocycles. The van der Waals surface area contributed by atoms with Gasteiger partial charge in [0, 0.05) is 13.0 Å². The van der Waals surface area contributed by atoms with Crippen LogP contribution in [0.1, 0.15) is 26.3 Å². The number of nitrogens with one attached hydrogen (secondary N) is 2. The number of nitrogens with two attached hydrogens (primary N) is 1. The standard InChI is InChI=1S/C16H25N3O2/c1-11(2)10-18-16(21)14(19-15(20)12(3)17)9-13-7-5-4-6-8-13/h4-8,11-12,14H,9-10,17H2,1-3H3,(H,18,21)(H,19,20)/t12-,14?/m0/s1. The maximum absolute atomic E-state index is 12.2. The lowest BCUT2D eigenvalue weighted by Crippen LogP contribution is -2.52. The second-order valence-corrected chi connectivity index (χ2v) is 5.68. The summed E-state index contributed by atoms with van der Waals surface area (Å²) in [4.78, 5) is 24.0. The predicted octanol–water partition coefficient (Wildman–Crippen LogP) is 0.833. The molecule has 0 heterocycles. The molecule has 0 spiro atoms. The second-order valence-electron chi connectivity index (χ2n) is 5.68. The largest absolute Gasteiger partial charge is 0.354 e. The number of hydrogen-bond acceptors (Lipinski definition) is 3. The molecule has 0 saturated heterocycles. The van der Waals surface area contributed by atoms with Gasteiger partial charge in [0.25, 0.3) is 0 Å². The van der Waals surface area contributed by atoms with Gasteiger partial charge >= 0.3 is 0 Å². The van der Waals surface area contributed by atoms with Crippen molar-refractivity contribution < 1.29 is 9.59 Å². The number of amides is 2. The molecule has 1 rings (SSSR count). The molecule has 21 heavy (non-hydrogen) atoms. The van der Waals surface area contributed by atoms with Crippen LogP contribution in [0.4, 0.5) is 0 Å². The molecule has 0 fully saturated rings. The summed E-state index contributed by atoms with van der Waals surface area (Å²) >= 11 is 0. The average Bonchev–Trinajstić information content (AvgIpc) is 2.44. The van der Waals surface area contributed by atoms with Crippen LogP contribution < -0.4 is 16.4 Å². The summed E-state index contributed by atoms with van der Waals surface area (Å²) in [5.74, 6) is -0.146. The summed E-state index contributed by atoms with van der Waals surface area (Å²) in [6.45, 7) is 6.22. The molecule has 5 nitrogen and oxygen atoms in total. The normalized spacial score (nSPS) is 13.6. The Labute approximate surface area is 126 Å². The van der Waals surface area contributed by atoms with Crippen molar-refractivity contribution in [2.75, 3.05) is 6.54 Å². The Morgan fingerprint density at radius 3 is 2.24 bits per heavy atom. The zero-order valence-corrected chi connectivity index (χ0v) is 12.9. The Morgan fingerprint density at radius 1 is 1.10 bits per heavy atom. The van der Waals surface area contributed by atoms with E-state index in [2.05, 4.69) is 10.6 Å².